The Kier molecular flexibility index (Phi) is 2.64. The molecule has 2 heterocycles. The van der Waals surface area contributed by atoms with E-state index < -0.39 is 0 Å². The van der Waals surface area contributed by atoms with E-state index in [1.807, 2.05) is 7.05 Å². The van der Waals surface area contributed by atoms with Gasteiger partial charge in [-0.15, -0.1) is 0 Å². The number of carbonyl (C=O) groups excluding carboxylic acids is 1. The number of halogens is 1. The highest BCUT2D eigenvalue weighted by atomic mass is 127. The van der Waals surface area contributed by atoms with Gasteiger partial charge in [0.25, 0.3) is 0 Å². The third kappa shape index (κ3) is 1.59. The first kappa shape index (κ1) is 9.78. The van der Waals surface area contributed by atoms with Crippen molar-refractivity contribution in [3.05, 3.63) is 32.6 Å². The second-order valence-corrected chi connectivity index (χ2v) is 4.39. The number of hydrogen-bond acceptors (Lipinski definition) is 4. The zero-order valence-electron chi connectivity index (χ0n) is 7.27. The Labute approximate surface area is 98.3 Å². The van der Waals surface area contributed by atoms with E-state index in [2.05, 4.69) is 32.1 Å². The molecule has 0 amide bonds. The van der Waals surface area contributed by atoms with Gasteiger partial charge in [0.05, 0.1) is 23.5 Å². The van der Waals surface area contributed by atoms with Gasteiger partial charge in [-0.1, -0.05) is 0 Å². The molecule has 0 spiro atoms. The first-order valence-electron chi connectivity index (χ1n) is 3.81. The van der Waals surface area contributed by atoms with Crippen LogP contribution in [-0.2, 0) is 7.05 Å². The van der Waals surface area contributed by atoms with E-state index in [0.29, 0.717) is 11.1 Å². The Morgan fingerprint density at radius 2 is 2.36 bits per heavy atom. The largest absolute Gasteiger partial charge is 0.288 e. The third-order valence-corrected chi connectivity index (χ3v) is 3.67. The molecule has 0 atom stereocenters. The van der Waals surface area contributed by atoms with Gasteiger partial charge in [-0.2, -0.15) is 5.10 Å². The normalized spacial score (nSPS) is 10.4. The first-order chi connectivity index (χ1) is 6.70. The highest BCUT2D eigenvalue weighted by Gasteiger charge is 2.16. The molecule has 0 saturated heterocycles. The third-order valence-electron chi connectivity index (χ3n) is 1.81. The molecule has 0 aliphatic heterocycles. The fraction of sp³-hybridized carbons (Fsp3) is 0.125. The molecule has 0 bridgehead atoms. The van der Waals surface area contributed by atoms with Crippen LogP contribution in [0.2, 0.25) is 0 Å². The van der Waals surface area contributed by atoms with Gasteiger partial charge in [0.1, 0.15) is 3.70 Å². The maximum absolute atomic E-state index is 11.9. The predicted octanol–water partition coefficient (Wildman–Crippen LogP) is 1.71. The number of carbonyl (C=O) groups is 1. The van der Waals surface area contributed by atoms with Crippen molar-refractivity contribution in [3.8, 4) is 0 Å². The van der Waals surface area contributed by atoms with Gasteiger partial charge in [0.2, 0.25) is 0 Å². The minimum atomic E-state index is -0.0174. The second-order valence-electron chi connectivity index (χ2n) is 2.71. The molecule has 2 aromatic heterocycles. The summed E-state index contributed by atoms with van der Waals surface area (Å²) in [5.41, 5.74) is 1.26. The second kappa shape index (κ2) is 3.77. The summed E-state index contributed by atoms with van der Waals surface area (Å²) in [5, 5.41) is 5.76. The minimum Gasteiger partial charge on any atom is -0.288 e. The van der Waals surface area contributed by atoms with E-state index in [4.69, 9.17) is 0 Å². The first-order valence-corrected chi connectivity index (χ1v) is 5.73. The highest BCUT2D eigenvalue weighted by molar-refractivity contribution is 14.1. The van der Waals surface area contributed by atoms with E-state index in [-0.39, 0.29) is 5.78 Å². The molecule has 0 unspecified atom stereocenters. The van der Waals surface area contributed by atoms with E-state index in [0.717, 1.165) is 3.70 Å². The van der Waals surface area contributed by atoms with Crippen LogP contribution in [0.5, 0.6) is 0 Å². The molecule has 6 heteroatoms. The average molecular weight is 319 g/mol. The van der Waals surface area contributed by atoms with Crippen molar-refractivity contribution in [3.63, 3.8) is 0 Å². The molecule has 0 N–H and O–H groups in total. The van der Waals surface area contributed by atoms with Gasteiger partial charge in [0.15, 0.2) is 5.78 Å². The van der Waals surface area contributed by atoms with Gasteiger partial charge in [0, 0.05) is 12.4 Å². The maximum atomic E-state index is 11.9. The van der Waals surface area contributed by atoms with Crippen LogP contribution in [0.15, 0.2) is 17.8 Å². The van der Waals surface area contributed by atoms with Crippen molar-refractivity contribution in [1.29, 1.82) is 0 Å². The van der Waals surface area contributed by atoms with Crippen molar-refractivity contribution >= 4 is 39.9 Å². The summed E-state index contributed by atoms with van der Waals surface area (Å²) in [4.78, 5) is 11.9. The van der Waals surface area contributed by atoms with Crippen LogP contribution in [0.3, 0.4) is 0 Å². The number of aromatic nitrogens is 3. The van der Waals surface area contributed by atoms with Gasteiger partial charge in [-0.05, 0) is 34.1 Å². The van der Waals surface area contributed by atoms with Crippen molar-refractivity contribution in [1.82, 2.24) is 14.2 Å². The average Bonchev–Trinajstić information content (AvgIpc) is 2.77. The number of nitrogens with zero attached hydrogens (tertiary/aromatic N) is 3. The fourth-order valence-corrected chi connectivity index (χ4v) is 2.07. The van der Waals surface area contributed by atoms with Crippen LogP contribution < -0.4 is 0 Å². The van der Waals surface area contributed by atoms with Crippen LogP contribution in [0.1, 0.15) is 15.9 Å². The molecule has 0 aromatic carbocycles. The lowest BCUT2D eigenvalue weighted by atomic mass is 10.1. The molecule has 14 heavy (non-hydrogen) atoms. The summed E-state index contributed by atoms with van der Waals surface area (Å²) < 4.78 is 6.42. The van der Waals surface area contributed by atoms with Crippen molar-refractivity contribution in [2.45, 2.75) is 0 Å². The molecule has 0 aliphatic rings. The smallest absolute Gasteiger partial charge is 0.199 e. The standard InChI is InChI=1S/C8H6IN3OS/c1-12-8(9)6(3-10-12)7(13)5-2-11-14-4-5/h2-4H,1H3. The number of rotatable bonds is 2. The molecule has 72 valence electrons. The molecule has 0 radical (unpaired) electrons. The number of aryl methyl sites for hydroxylation is 1. The minimum absolute atomic E-state index is 0.0174. The number of hydrogen-bond donors (Lipinski definition) is 0. The summed E-state index contributed by atoms with van der Waals surface area (Å²) >= 11 is 3.38. The quantitative estimate of drug-likeness (QED) is 0.625. The summed E-state index contributed by atoms with van der Waals surface area (Å²) in [6.07, 6.45) is 3.16. The number of ketones is 1. The zero-order valence-corrected chi connectivity index (χ0v) is 10.2. The van der Waals surface area contributed by atoms with Gasteiger partial charge in [-0.3, -0.25) is 9.48 Å². The van der Waals surface area contributed by atoms with Crippen LogP contribution in [0, 0.1) is 3.70 Å². The molecule has 4 nitrogen and oxygen atoms in total. The van der Waals surface area contributed by atoms with Crippen LogP contribution in [-0.4, -0.2) is 19.9 Å². The fourth-order valence-electron chi connectivity index (χ4n) is 1.05. The zero-order chi connectivity index (χ0) is 10.1. The van der Waals surface area contributed by atoms with Gasteiger partial charge in [-0.25, -0.2) is 4.37 Å². The molecule has 0 fully saturated rings. The SMILES string of the molecule is Cn1ncc(C(=O)c2cnsc2)c1I. The van der Waals surface area contributed by atoms with Crippen molar-refractivity contribution in [2.75, 3.05) is 0 Å². The van der Waals surface area contributed by atoms with Crippen LogP contribution in [0.25, 0.3) is 0 Å². The Morgan fingerprint density at radius 3 is 2.86 bits per heavy atom. The maximum Gasteiger partial charge on any atom is 0.199 e. The van der Waals surface area contributed by atoms with E-state index >= 15 is 0 Å². The topological polar surface area (TPSA) is 47.8 Å². The van der Waals surface area contributed by atoms with Gasteiger partial charge < -0.3 is 0 Å². The lowest BCUT2D eigenvalue weighted by molar-refractivity contribution is 0.103. The summed E-state index contributed by atoms with van der Waals surface area (Å²) in [6, 6.07) is 0. The van der Waals surface area contributed by atoms with Gasteiger partial charge >= 0.3 is 0 Å². The van der Waals surface area contributed by atoms with E-state index in [1.165, 1.54) is 11.5 Å². The summed E-state index contributed by atoms with van der Waals surface area (Å²) in [7, 11) is 1.81. The summed E-state index contributed by atoms with van der Waals surface area (Å²) in [6.45, 7) is 0. The molecular formula is C8H6IN3OS. The lowest BCUT2D eigenvalue weighted by Gasteiger charge is -1.95. The molecule has 2 aromatic rings. The van der Waals surface area contributed by atoms with E-state index in [1.54, 1.807) is 22.5 Å². The highest BCUT2D eigenvalue weighted by Crippen LogP contribution is 2.16. The van der Waals surface area contributed by atoms with E-state index in [9.17, 15) is 4.79 Å². The van der Waals surface area contributed by atoms with Crippen LogP contribution >= 0.6 is 34.1 Å². The predicted molar refractivity (Wildman–Crippen MR) is 61.5 cm³/mol. The Balaban J connectivity index is 2.42. The molecule has 2 rings (SSSR count). The Hall–Kier alpha value is -0.760. The van der Waals surface area contributed by atoms with Crippen LogP contribution in [0.4, 0.5) is 0 Å². The van der Waals surface area contributed by atoms with Crippen molar-refractivity contribution < 1.29 is 4.79 Å². The molecule has 0 aliphatic carbocycles. The Morgan fingerprint density at radius 1 is 1.57 bits per heavy atom. The molecule has 0 saturated carbocycles. The Bertz CT molecular complexity index is 463. The molecular weight excluding hydrogens is 313 g/mol. The monoisotopic (exact) mass is 319 g/mol. The van der Waals surface area contributed by atoms with Crippen molar-refractivity contribution in [2.24, 2.45) is 7.05 Å². The lowest BCUT2D eigenvalue weighted by Crippen LogP contribution is -2.02. The summed E-state index contributed by atoms with van der Waals surface area (Å²) in [5.74, 6) is -0.0174.